The monoisotopic (exact) mass is 332 g/mol. The van der Waals surface area contributed by atoms with Gasteiger partial charge in [-0.2, -0.15) is 10.5 Å². The average molecular weight is 332 g/mol. The number of nitrogens with one attached hydrogen (secondary N) is 2. The average Bonchev–Trinajstić information content (AvgIpc) is 3.02. The topological polar surface area (TPSA) is 96.2 Å². The second-order valence-corrected chi connectivity index (χ2v) is 5.50. The second kappa shape index (κ2) is 6.86. The highest BCUT2D eigenvalue weighted by Gasteiger charge is 2.31. The van der Waals surface area contributed by atoms with E-state index < -0.39 is 23.2 Å². The first kappa shape index (κ1) is 16.2. The molecule has 0 aliphatic carbocycles. The molecule has 0 amide bonds. The Morgan fingerprint density at radius 3 is 2.16 bits per heavy atom. The molecule has 0 fully saturated rings. The minimum absolute atomic E-state index is 0.283. The smallest absolute Gasteiger partial charge is 0.268 e. The molecule has 122 valence electrons. The van der Waals surface area contributed by atoms with Crippen molar-refractivity contribution < 1.29 is 4.39 Å². The Hall–Kier alpha value is -3.64. The standard InChI is InChI=1S/C19H13FN4O/c20-15-8-6-12(7-9-15)16(14(10-21)11-22)17-18(23-24-19(17)25)13-4-2-1-3-5-13/h1-9,14,16H,(H2,23,24,25)/t16-/m0/s1. The fourth-order valence-electron chi connectivity index (χ4n) is 2.87. The zero-order chi connectivity index (χ0) is 17.8. The highest BCUT2D eigenvalue weighted by molar-refractivity contribution is 5.64. The molecule has 0 radical (unpaired) electrons. The summed E-state index contributed by atoms with van der Waals surface area (Å²) in [6.45, 7) is 0. The molecule has 3 aromatic rings. The van der Waals surface area contributed by atoms with E-state index in [0.717, 1.165) is 5.56 Å². The van der Waals surface area contributed by atoms with Gasteiger partial charge in [0.15, 0.2) is 0 Å². The zero-order valence-corrected chi connectivity index (χ0v) is 13.0. The SMILES string of the molecule is N#CC(C#N)[C@H](c1ccc(F)cc1)c1c(-c2ccccc2)[nH][nH]c1=O. The molecule has 0 saturated carbocycles. The van der Waals surface area contributed by atoms with Gasteiger partial charge in [0.05, 0.1) is 23.4 Å². The van der Waals surface area contributed by atoms with E-state index in [0.29, 0.717) is 11.3 Å². The normalized spacial score (nSPS) is 11.7. The van der Waals surface area contributed by atoms with Crippen LogP contribution in [0.1, 0.15) is 17.0 Å². The molecule has 0 unspecified atom stereocenters. The van der Waals surface area contributed by atoms with Crippen molar-refractivity contribution in [1.82, 2.24) is 10.2 Å². The number of nitrogens with zero attached hydrogens (tertiary/aromatic N) is 2. The molecule has 0 spiro atoms. The van der Waals surface area contributed by atoms with Crippen molar-refractivity contribution in [1.29, 1.82) is 10.5 Å². The summed E-state index contributed by atoms with van der Waals surface area (Å²) in [5.41, 5.74) is 1.65. The van der Waals surface area contributed by atoms with Gasteiger partial charge in [0.25, 0.3) is 5.56 Å². The van der Waals surface area contributed by atoms with Crippen LogP contribution in [-0.2, 0) is 0 Å². The Labute approximate surface area is 143 Å². The molecule has 1 heterocycles. The Kier molecular flexibility index (Phi) is 4.45. The van der Waals surface area contributed by atoms with Gasteiger partial charge in [0, 0.05) is 5.92 Å². The number of aromatic nitrogens is 2. The third kappa shape index (κ3) is 3.06. The maximum atomic E-state index is 13.3. The number of nitriles is 2. The highest BCUT2D eigenvalue weighted by atomic mass is 19.1. The van der Waals surface area contributed by atoms with Crippen LogP contribution in [0.4, 0.5) is 4.39 Å². The van der Waals surface area contributed by atoms with Crippen molar-refractivity contribution in [3.05, 3.63) is 81.9 Å². The van der Waals surface area contributed by atoms with E-state index in [2.05, 4.69) is 10.2 Å². The molecule has 0 bridgehead atoms. The molecule has 25 heavy (non-hydrogen) atoms. The number of hydrogen-bond acceptors (Lipinski definition) is 3. The zero-order valence-electron chi connectivity index (χ0n) is 13.0. The van der Waals surface area contributed by atoms with Crippen LogP contribution in [0.2, 0.25) is 0 Å². The first-order valence-electron chi connectivity index (χ1n) is 7.56. The number of benzene rings is 2. The number of hydrogen-bond donors (Lipinski definition) is 2. The van der Waals surface area contributed by atoms with Crippen molar-refractivity contribution >= 4 is 0 Å². The lowest BCUT2D eigenvalue weighted by Crippen LogP contribution is -2.19. The molecule has 5 nitrogen and oxygen atoms in total. The Balaban J connectivity index is 2.23. The van der Waals surface area contributed by atoms with Gasteiger partial charge in [-0.15, -0.1) is 0 Å². The van der Waals surface area contributed by atoms with E-state index >= 15 is 0 Å². The van der Waals surface area contributed by atoms with Crippen molar-refractivity contribution in [2.45, 2.75) is 5.92 Å². The lowest BCUT2D eigenvalue weighted by atomic mass is 9.81. The summed E-state index contributed by atoms with van der Waals surface area (Å²) >= 11 is 0. The molecule has 3 rings (SSSR count). The van der Waals surface area contributed by atoms with Crippen LogP contribution in [0.25, 0.3) is 11.3 Å². The summed E-state index contributed by atoms with van der Waals surface area (Å²) in [5, 5.41) is 24.1. The lowest BCUT2D eigenvalue weighted by molar-refractivity contribution is 0.624. The van der Waals surface area contributed by atoms with E-state index in [9.17, 15) is 19.7 Å². The lowest BCUT2D eigenvalue weighted by Gasteiger charge is -2.18. The fourth-order valence-corrected chi connectivity index (χ4v) is 2.87. The molecular weight excluding hydrogens is 319 g/mol. The van der Waals surface area contributed by atoms with Gasteiger partial charge in [-0.25, -0.2) is 4.39 Å². The molecule has 0 aliphatic rings. The number of rotatable bonds is 4. The number of halogens is 1. The summed E-state index contributed by atoms with van der Waals surface area (Å²) in [5.74, 6) is -2.33. The molecule has 1 aromatic heterocycles. The van der Waals surface area contributed by atoms with Crippen molar-refractivity contribution in [3.63, 3.8) is 0 Å². The van der Waals surface area contributed by atoms with Crippen LogP contribution in [-0.4, -0.2) is 10.2 Å². The van der Waals surface area contributed by atoms with Crippen molar-refractivity contribution in [2.24, 2.45) is 5.92 Å². The van der Waals surface area contributed by atoms with Crippen LogP contribution < -0.4 is 5.56 Å². The minimum Gasteiger partial charge on any atom is -0.297 e. The molecule has 6 heteroatoms. The van der Waals surface area contributed by atoms with Gasteiger partial charge in [-0.1, -0.05) is 42.5 Å². The number of aromatic amines is 2. The van der Waals surface area contributed by atoms with E-state index in [4.69, 9.17) is 0 Å². The molecule has 0 aliphatic heterocycles. The van der Waals surface area contributed by atoms with Gasteiger partial charge in [0.2, 0.25) is 0 Å². The quantitative estimate of drug-likeness (QED) is 0.767. The predicted molar refractivity (Wildman–Crippen MR) is 89.8 cm³/mol. The molecule has 2 N–H and O–H groups in total. The van der Waals surface area contributed by atoms with Crippen molar-refractivity contribution in [3.8, 4) is 23.4 Å². The van der Waals surface area contributed by atoms with E-state index in [1.54, 1.807) is 0 Å². The van der Waals surface area contributed by atoms with Crippen LogP contribution in [0.5, 0.6) is 0 Å². The Morgan fingerprint density at radius 1 is 0.920 bits per heavy atom. The van der Waals surface area contributed by atoms with E-state index in [1.807, 2.05) is 42.5 Å². The van der Waals surface area contributed by atoms with Gasteiger partial charge in [0.1, 0.15) is 11.7 Å². The van der Waals surface area contributed by atoms with Crippen LogP contribution in [0, 0.1) is 34.4 Å². The van der Waals surface area contributed by atoms with Gasteiger partial charge in [-0.3, -0.25) is 15.0 Å². The summed E-state index contributed by atoms with van der Waals surface area (Å²) in [4.78, 5) is 12.5. The molecule has 2 aromatic carbocycles. The summed E-state index contributed by atoms with van der Waals surface area (Å²) in [6.07, 6.45) is 0. The van der Waals surface area contributed by atoms with Crippen molar-refractivity contribution in [2.75, 3.05) is 0 Å². The summed E-state index contributed by atoms with van der Waals surface area (Å²) < 4.78 is 13.3. The molecule has 0 saturated heterocycles. The number of H-pyrrole nitrogens is 2. The first-order valence-corrected chi connectivity index (χ1v) is 7.56. The van der Waals surface area contributed by atoms with Crippen LogP contribution >= 0.6 is 0 Å². The van der Waals surface area contributed by atoms with Crippen LogP contribution in [0.15, 0.2) is 59.4 Å². The predicted octanol–water partition coefficient (Wildman–Crippen LogP) is 3.30. The first-order chi connectivity index (χ1) is 12.2. The highest BCUT2D eigenvalue weighted by Crippen LogP contribution is 2.35. The van der Waals surface area contributed by atoms with Gasteiger partial charge in [-0.05, 0) is 23.3 Å². The molecular formula is C19H13FN4O. The Morgan fingerprint density at radius 2 is 1.56 bits per heavy atom. The molecule has 1 atom stereocenters. The largest absolute Gasteiger partial charge is 0.297 e. The van der Waals surface area contributed by atoms with E-state index in [1.165, 1.54) is 24.3 Å². The maximum Gasteiger partial charge on any atom is 0.268 e. The Bertz CT molecular complexity index is 993. The second-order valence-electron chi connectivity index (χ2n) is 5.50. The maximum absolute atomic E-state index is 13.3. The fraction of sp³-hybridized carbons (Fsp3) is 0.105. The van der Waals surface area contributed by atoms with Crippen LogP contribution in [0.3, 0.4) is 0 Å². The van der Waals surface area contributed by atoms with Gasteiger partial charge >= 0.3 is 0 Å². The third-order valence-electron chi connectivity index (χ3n) is 4.03. The summed E-state index contributed by atoms with van der Waals surface area (Å²) in [7, 11) is 0. The minimum atomic E-state index is -1.09. The van der Waals surface area contributed by atoms with E-state index in [-0.39, 0.29) is 5.56 Å². The van der Waals surface area contributed by atoms with Gasteiger partial charge < -0.3 is 0 Å². The summed E-state index contributed by atoms with van der Waals surface area (Å²) in [6, 6.07) is 18.5. The third-order valence-corrected chi connectivity index (χ3v) is 4.03.